The van der Waals surface area contributed by atoms with Gasteiger partial charge < -0.3 is 20.1 Å². The summed E-state index contributed by atoms with van der Waals surface area (Å²) in [6.07, 6.45) is 1.70. The zero-order chi connectivity index (χ0) is 23.9. The van der Waals surface area contributed by atoms with Crippen LogP contribution in [0.2, 0.25) is 0 Å². The lowest BCUT2D eigenvalue weighted by molar-refractivity contribution is -0.124. The van der Waals surface area contributed by atoms with Crippen LogP contribution in [0.4, 0.5) is 0 Å². The van der Waals surface area contributed by atoms with Crippen molar-refractivity contribution >= 4 is 11.8 Å². The normalized spacial score (nSPS) is 16.1. The van der Waals surface area contributed by atoms with Crippen LogP contribution in [0, 0.1) is 0 Å². The largest absolute Gasteiger partial charge is 0.493 e. The van der Waals surface area contributed by atoms with Crippen molar-refractivity contribution in [1.29, 1.82) is 0 Å². The summed E-state index contributed by atoms with van der Waals surface area (Å²) in [6, 6.07) is 19.9. The molecule has 1 atom stereocenters. The molecule has 0 radical (unpaired) electrons. The second-order valence-electron chi connectivity index (χ2n) is 8.11. The molecule has 8 nitrogen and oxygen atoms in total. The van der Waals surface area contributed by atoms with Crippen LogP contribution in [0.15, 0.2) is 72.9 Å². The lowest BCUT2D eigenvalue weighted by atomic mass is 10.1. The van der Waals surface area contributed by atoms with Crippen LogP contribution < -0.4 is 15.2 Å². The molecule has 4 rings (SSSR count). The molecule has 1 aliphatic rings. The van der Waals surface area contributed by atoms with E-state index in [1.807, 2.05) is 48.5 Å². The van der Waals surface area contributed by atoms with E-state index >= 15 is 0 Å². The standard InChI is InChI=1S/C26H28N4O4/c1-33-24-15-20(10-11-23(24)34-18-21-9-5-6-12-28-21)26(32)30-14-13-29(17-22(30)25(27)31)16-19-7-3-2-4-8-19/h2-12,15,22H,13-14,16-18H2,1H3,(H2,27,31). The Morgan fingerprint density at radius 2 is 1.82 bits per heavy atom. The Bertz CT molecular complexity index is 1120. The van der Waals surface area contributed by atoms with E-state index in [1.165, 1.54) is 7.11 Å². The van der Waals surface area contributed by atoms with Gasteiger partial charge in [-0.2, -0.15) is 0 Å². The zero-order valence-electron chi connectivity index (χ0n) is 19.1. The molecule has 1 saturated heterocycles. The van der Waals surface area contributed by atoms with Gasteiger partial charge in [-0.25, -0.2) is 0 Å². The number of carbonyl (C=O) groups excluding carboxylic acids is 2. The number of amides is 2. The number of nitrogens with two attached hydrogens (primary N) is 1. The number of carbonyl (C=O) groups is 2. The van der Waals surface area contributed by atoms with Gasteiger partial charge in [0.15, 0.2) is 11.5 Å². The van der Waals surface area contributed by atoms with Crippen molar-refractivity contribution in [2.75, 3.05) is 26.7 Å². The minimum atomic E-state index is -0.712. The molecule has 1 fully saturated rings. The van der Waals surface area contributed by atoms with Crippen molar-refractivity contribution in [1.82, 2.24) is 14.8 Å². The predicted octanol–water partition coefficient (Wildman–Crippen LogP) is 2.48. The highest BCUT2D eigenvalue weighted by Gasteiger charge is 2.34. The van der Waals surface area contributed by atoms with Crippen LogP contribution in [0.5, 0.6) is 11.5 Å². The van der Waals surface area contributed by atoms with Crippen LogP contribution in [0.3, 0.4) is 0 Å². The highest BCUT2D eigenvalue weighted by molar-refractivity contribution is 5.98. The van der Waals surface area contributed by atoms with Crippen molar-refractivity contribution in [3.05, 3.63) is 89.7 Å². The summed E-state index contributed by atoms with van der Waals surface area (Å²) in [6.45, 7) is 2.41. The molecule has 3 aromatic rings. The van der Waals surface area contributed by atoms with E-state index in [9.17, 15) is 9.59 Å². The van der Waals surface area contributed by atoms with Gasteiger partial charge in [0, 0.05) is 37.9 Å². The molecule has 0 aliphatic carbocycles. The first-order chi connectivity index (χ1) is 16.5. The molecule has 0 spiro atoms. The van der Waals surface area contributed by atoms with Gasteiger partial charge in [0.25, 0.3) is 5.91 Å². The third kappa shape index (κ3) is 5.52. The van der Waals surface area contributed by atoms with E-state index in [0.29, 0.717) is 43.2 Å². The van der Waals surface area contributed by atoms with E-state index in [2.05, 4.69) is 9.88 Å². The summed E-state index contributed by atoms with van der Waals surface area (Å²) in [5.41, 5.74) is 8.03. The first kappa shape index (κ1) is 23.3. The minimum absolute atomic E-state index is 0.266. The molecule has 0 saturated carbocycles. The van der Waals surface area contributed by atoms with Crippen LogP contribution in [-0.4, -0.2) is 59.4 Å². The average Bonchev–Trinajstić information content (AvgIpc) is 2.88. The number of primary amides is 1. The van der Waals surface area contributed by atoms with Gasteiger partial charge in [0.1, 0.15) is 12.6 Å². The molecule has 8 heteroatoms. The number of nitrogens with zero attached hydrogens (tertiary/aromatic N) is 3. The molecule has 2 heterocycles. The highest BCUT2D eigenvalue weighted by atomic mass is 16.5. The molecular weight excluding hydrogens is 432 g/mol. The predicted molar refractivity (Wildman–Crippen MR) is 127 cm³/mol. The summed E-state index contributed by atoms with van der Waals surface area (Å²) < 4.78 is 11.3. The second kappa shape index (κ2) is 10.8. The molecule has 1 aliphatic heterocycles. The lowest BCUT2D eigenvalue weighted by Gasteiger charge is -2.40. The van der Waals surface area contributed by atoms with Gasteiger partial charge in [-0.15, -0.1) is 0 Å². The van der Waals surface area contributed by atoms with E-state index < -0.39 is 11.9 Å². The molecule has 2 aromatic carbocycles. The SMILES string of the molecule is COc1cc(C(=O)N2CCN(Cc3ccccc3)CC2C(N)=O)ccc1OCc1ccccn1. The number of ether oxygens (including phenoxy) is 2. The Labute approximate surface area is 198 Å². The Morgan fingerprint density at radius 3 is 2.53 bits per heavy atom. The molecular formula is C26H28N4O4. The molecule has 2 N–H and O–H groups in total. The van der Waals surface area contributed by atoms with Crippen LogP contribution in [0.1, 0.15) is 21.6 Å². The monoisotopic (exact) mass is 460 g/mol. The van der Waals surface area contributed by atoms with Gasteiger partial charge in [0.05, 0.1) is 12.8 Å². The summed E-state index contributed by atoms with van der Waals surface area (Å²) in [5, 5.41) is 0. The van der Waals surface area contributed by atoms with Crippen molar-refractivity contribution in [2.45, 2.75) is 19.2 Å². The van der Waals surface area contributed by atoms with E-state index in [1.54, 1.807) is 29.3 Å². The summed E-state index contributed by atoms with van der Waals surface area (Å²) in [5.74, 6) is 0.148. The number of hydrogen-bond donors (Lipinski definition) is 1. The first-order valence-corrected chi connectivity index (χ1v) is 11.1. The van der Waals surface area contributed by atoms with Crippen LogP contribution >= 0.6 is 0 Å². The molecule has 1 aromatic heterocycles. The topological polar surface area (TPSA) is 98.0 Å². The third-order valence-corrected chi connectivity index (χ3v) is 5.82. The van der Waals surface area contributed by atoms with Gasteiger partial charge in [0.2, 0.25) is 5.91 Å². The van der Waals surface area contributed by atoms with Crippen molar-refractivity contribution in [2.24, 2.45) is 5.73 Å². The molecule has 176 valence electrons. The lowest BCUT2D eigenvalue weighted by Crippen LogP contribution is -2.59. The number of aromatic nitrogens is 1. The number of hydrogen-bond acceptors (Lipinski definition) is 6. The fourth-order valence-electron chi connectivity index (χ4n) is 4.03. The third-order valence-electron chi connectivity index (χ3n) is 5.82. The number of methoxy groups -OCH3 is 1. The average molecular weight is 461 g/mol. The van der Waals surface area contributed by atoms with Gasteiger partial charge in [-0.3, -0.25) is 19.5 Å². The van der Waals surface area contributed by atoms with Crippen molar-refractivity contribution in [3.8, 4) is 11.5 Å². The number of pyridine rings is 1. The molecule has 34 heavy (non-hydrogen) atoms. The maximum absolute atomic E-state index is 13.3. The molecule has 0 bridgehead atoms. The Kier molecular flexibility index (Phi) is 7.39. The Morgan fingerprint density at radius 1 is 1.03 bits per heavy atom. The van der Waals surface area contributed by atoms with Crippen molar-refractivity contribution in [3.63, 3.8) is 0 Å². The molecule has 1 unspecified atom stereocenters. The Balaban J connectivity index is 1.45. The van der Waals surface area contributed by atoms with E-state index in [-0.39, 0.29) is 12.5 Å². The summed E-state index contributed by atoms with van der Waals surface area (Å²) in [7, 11) is 1.52. The fraction of sp³-hybridized carbons (Fsp3) is 0.269. The van der Waals surface area contributed by atoms with Gasteiger partial charge in [-0.1, -0.05) is 36.4 Å². The highest BCUT2D eigenvalue weighted by Crippen LogP contribution is 2.30. The number of benzene rings is 2. The maximum Gasteiger partial charge on any atom is 0.254 e. The zero-order valence-corrected chi connectivity index (χ0v) is 19.1. The van der Waals surface area contributed by atoms with Crippen LogP contribution in [0.25, 0.3) is 0 Å². The van der Waals surface area contributed by atoms with Gasteiger partial charge in [-0.05, 0) is 35.9 Å². The quantitative estimate of drug-likeness (QED) is 0.555. The fourth-order valence-corrected chi connectivity index (χ4v) is 4.03. The number of piperazine rings is 1. The second-order valence-corrected chi connectivity index (χ2v) is 8.11. The summed E-state index contributed by atoms with van der Waals surface area (Å²) in [4.78, 5) is 33.5. The van der Waals surface area contributed by atoms with Gasteiger partial charge >= 0.3 is 0 Å². The van der Waals surface area contributed by atoms with E-state index in [0.717, 1.165) is 11.3 Å². The first-order valence-electron chi connectivity index (χ1n) is 11.1. The summed E-state index contributed by atoms with van der Waals surface area (Å²) >= 11 is 0. The minimum Gasteiger partial charge on any atom is -0.493 e. The molecule has 2 amide bonds. The maximum atomic E-state index is 13.3. The number of rotatable bonds is 8. The Hall–Kier alpha value is -3.91. The van der Waals surface area contributed by atoms with E-state index in [4.69, 9.17) is 15.2 Å². The van der Waals surface area contributed by atoms with Crippen LogP contribution in [-0.2, 0) is 17.9 Å². The smallest absolute Gasteiger partial charge is 0.254 e. The van der Waals surface area contributed by atoms with Crippen molar-refractivity contribution < 1.29 is 19.1 Å².